The van der Waals surface area contributed by atoms with Crippen molar-refractivity contribution in [3.8, 4) is 0 Å². The number of rotatable bonds is 4. The van der Waals surface area contributed by atoms with E-state index < -0.39 is 18.1 Å². The molecule has 0 unspecified atom stereocenters. The van der Waals surface area contributed by atoms with E-state index in [4.69, 9.17) is 4.74 Å². The molecular weight excluding hydrogens is 186 g/mol. The summed E-state index contributed by atoms with van der Waals surface area (Å²) in [4.78, 5) is 22.2. The molecule has 0 radical (unpaired) electrons. The van der Waals surface area contributed by atoms with E-state index in [1.807, 2.05) is 0 Å². The Hall–Kier alpha value is -1.26. The van der Waals surface area contributed by atoms with Crippen molar-refractivity contribution in [2.24, 2.45) is 0 Å². The minimum Gasteiger partial charge on any atom is -0.461 e. The van der Waals surface area contributed by atoms with E-state index in [0.29, 0.717) is 6.42 Å². The van der Waals surface area contributed by atoms with Gasteiger partial charge in [-0.3, -0.25) is 0 Å². The normalized spacial score (nSPS) is 12.1. The van der Waals surface area contributed by atoms with Crippen LogP contribution in [0.15, 0.2) is 0 Å². The van der Waals surface area contributed by atoms with Gasteiger partial charge < -0.3 is 14.8 Å². The fraction of sp³-hybridized carbons (Fsp3) is 0.778. The summed E-state index contributed by atoms with van der Waals surface area (Å²) >= 11 is 0. The molecule has 5 nitrogen and oxygen atoms in total. The van der Waals surface area contributed by atoms with Crippen molar-refractivity contribution in [1.82, 2.24) is 5.32 Å². The maximum absolute atomic E-state index is 11.3. The van der Waals surface area contributed by atoms with E-state index in [9.17, 15) is 9.59 Å². The van der Waals surface area contributed by atoms with Gasteiger partial charge in [0, 0.05) is 0 Å². The molecular formula is C9H17NO4. The molecule has 0 bridgehead atoms. The summed E-state index contributed by atoms with van der Waals surface area (Å²) in [6.07, 6.45) is -0.339. The molecule has 0 fully saturated rings. The number of esters is 1. The summed E-state index contributed by atoms with van der Waals surface area (Å²) in [6.45, 7) is 5.29. The summed E-state index contributed by atoms with van der Waals surface area (Å²) in [5, 5.41) is 2.39. The highest BCUT2D eigenvalue weighted by atomic mass is 16.6. The maximum Gasteiger partial charge on any atom is 0.407 e. The lowest BCUT2D eigenvalue weighted by Gasteiger charge is -2.16. The lowest BCUT2D eigenvalue weighted by molar-refractivity contribution is -0.149. The van der Waals surface area contributed by atoms with Crippen LogP contribution in [0.4, 0.5) is 4.79 Å². The first-order chi connectivity index (χ1) is 6.51. The van der Waals surface area contributed by atoms with E-state index >= 15 is 0 Å². The van der Waals surface area contributed by atoms with E-state index in [2.05, 4.69) is 10.1 Å². The van der Waals surface area contributed by atoms with Gasteiger partial charge >= 0.3 is 12.1 Å². The predicted molar refractivity (Wildman–Crippen MR) is 50.8 cm³/mol. The minimum absolute atomic E-state index is 0.184. The van der Waals surface area contributed by atoms with Gasteiger partial charge in [0.05, 0.1) is 13.2 Å². The maximum atomic E-state index is 11.3. The average Bonchev–Trinajstić information content (AvgIpc) is 2.12. The molecule has 0 aliphatic rings. The lowest BCUT2D eigenvalue weighted by Crippen LogP contribution is -2.42. The Kier molecular flexibility index (Phi) is 5.67. The summed E-state index contributed by atoms with van der Waals surface area (Å²) < 4.78 is 9.32. The average molecular weight is 203 g/mol. The van der Waals surface area contributed by atoms with Crippen molar-refractivity contribution in [1.29, 1.82) is 0 Å². The zero-order valence-corrected chi connectivity index (χ0v) is 8.99. The van der Waals surface area contributed by atoms with Crippen LogP contribution in [0.25, 0.3) is 0 Å². The van der Waals surface area contributed by atoms with Crippen LogP contribution in [0, 0.1) is 0 Å². The van der Waals surface area contributed by atoms with Gasteiger partial charge in [-0.25, -0.2) is 9.59 Å². The highest BCUT2D eigenvalue weighted by Gasteiger charge is 2.21. The second-order valence-corrected chi connectivity index (χ2v) is 3.08. The third kappa shape index (κ3) is 4.69. The molecule has 0 heterocycles. The molecule has 1 amide bonds. The Labute approximate surface area is 83.8 Å². The third-order valence-electron chi connectivity index (χ3n) is 1.52. The van der Waals surface area contributed by atoms with Crippen molar-refractivity contribution in [3.63, 3.8) is 0 Å². The van der Waals surface area contributed by atoms with E-state index in [-0.39, 0.29) is 6.10 Å². The number of hydrogen-bond acceptors (Lipinski definition) is 4. The zero-order valence-electron chi connectivity index (χ0n) is 8.99. The quantitative estimate of drug-likeness (QED) is 0.694. The van der Waals surface area contributed by atoms with E-state index in [1.54, 1.807) is 20.8 Å². The molecule has 14 heavy (non-hydrogen) atoms. The number of nitrogens with one attached hydrogen (secondary N) is 1. The second kappa shape index (κ2) is 6.23. The van der Waals surface area contributed by atoms with Crippen LogP contribution < -0.4 is 5.32 Å². The van der Waals surface area contributed by atoms with Gasteiger partial charge in [-0.05, 0) is 20.3 Å². The fourth-order valence-electron chi connectivity index (χ4n) is 0.843. The number of carbonyl (C=O) groups excluding carboxylic acids is 2. The van der Waals surface area contributed by atoms with Gasteiger partial charge in [0.1, 0.15) is 6.04 Å². The Bertz CT molecular complexity index is 203. The Morgan fingerprint density at radius 1 is 1.36 bits per heavy atom. The fourth-order valence-corrected chi connectivity index (χ4v) is 0.843. The van der Waals surface area contributed by atoms with Crippen molar-refractivity contribution in [2.75, 3.05) is 7.11 Å². The molecule has 0 aromatic rings. The van der Waals surface area contributed by atoms with Crippen LogP contribution >= 0.6 is 0 Å². The van der Waals surface area contributed by atoms with Crippen molar-refractivity contribution in [2.45, 2.75) is 39.3 Å². The molecule has 0 aliphatic carbocycles. The molecule has 0 aromatic carbocycles. The predicted octanol–water partition coefficient (Wildman–Crippen LogP) is 1.07. The monoisotopic (exact) mass is 203 g/mol. The van der Waals surface area contributed by atoms with Crippen LogP contribution in [0.3, 0.4) is 0 Å². The Morgan fingerprint density at radius 3 is 2.29 bits per heavy atom. The van der Waals surface area contributed by atoms with Gasteiger partial charge in [-0.15, -0.1) is 0 Å². The van der Waals surface area contributed by atoms with Crippen LogP contribution in [-0.2, 0) is 14.3 Å². The second-order valence-electron chi connectivity index (χ2n) is 3.08. The first-order valence-corrected chi connectivity index (χ1v) is 4.56. The highest BCUT2D eigenvalue weighted by Crippen LogP contribution is 1.98. The summed E-state index contributed by atoms with van der Waals surface area (Å²) in [7, 11) is 1.25. The number of amides is 1. The molecule has 1 atom stereocenters. The lowest BCUT2D eigenvalue weighted by atomic mass is 10.2. The highest BCUT2D eigenvalue weighted by molar-refractivity contribution is 5.81. The molecule has 0 saturated heterocycles. The van der Waals surface area contributed by atoms with Gasteiger partial charge in [0.2, 0.25) is 0 Å². The third-order valence-corrected chi connectivity index (χ3v) is 1.52. The summed E-state index contributed by atoms with van der Waals surface area (Å²) in [6, 6.07) is -0.634. The van der Waals surface area contributed by atoms with Crippen LogP contribution in [0.2, 0.25) is 0 Å². The molecule has 0 spiro atoms. The SMILES string of the molecule is CC[C@H](NC(=O)OC)C(=O)OC(C)C. The molecule has 82 valence electrons. The first-order valence-electron chi connectivity index (χ1n) is 4.56. The first kappa shape index (κ1) is 12.7. The smallest absolute Gasteiger partial charge is 0.407 e. The molecule has 0 saturated carbocycles. The van der Waals surface area contributed by atoms with Crippen molar-refractivity contribution < 1.29 is 19.1 Å². The Balaban J connectivity index is 4.12. The van der Waals surface area contributed by atoms with E-state index in [0.717, 1.165) is 0 Å². The number of carbonyl (C=O) groups is 2. The van der Waals surface area contributed by atoms with Gasteiger partial charge in [0.15, 0.2) is 0 Å². The van der Waals surface area contributed by atoms with Gasteiger partial charge in [-0.1, -0.05) is 6.92 Å². The van der Waals surface area contributed by atoms with Gasteiger partial charge in [-0.2, -0.15) is 0 Å². The van der Waals surface area contributed by atoms with E-state index in [1.165, 1.54) is 7.11 Å². The van der Waals surface area contributed by atoms with Crippen LogP contribution in [0.5, 0.6) is 0 Å². The number of ether oxygens (including phenoxy) is 2. The zero-order chi connectivity index (χ0) is 11.1. The molecule has 5 heteroatoms. The molecule has 1 N–H and O–H groups in total. The molecule has 0 aromatic heterocycles. The molecule has 0 aliphatic heterocycles. The van der Waals surface area contributed by atoms with Crippen LogP contribution in [0.1, 0.15) is 27.2 Å². The van der Waals surface area contributed by atoms with Crippen molar-refractivity contribution >= 4 is 12.1 Å². The molecule has 0 rings (SSSR count). The standard InChI is InChI=1S/C9H17NO4/c1-5-7(10-9(12)13-4)8(11)14-6(2)3/h6-7H,5H2,1-4H3,(H,10,12)/t7-/m0/s1. The number of hydrogen-bond donors (Lipinski definition) is 1. The topological polar surface area (TPSA) is 64.6 Å². The summed E-state index contributed by atoms with van der Waals surface area (Å²) in [5.74, 6) is -0.437. The number of alkyl carbamates (subject to hydrolysis) is 1. The number of methoxy groups -OCH3 is 1. The minimum atomic E-state index is -0.634. The van der Waals surface area contributed by atoms with Crippen molar-refractivity contribution in [3.05, 3.63) is 0 Å². The Morgan fingerprint density at radius 2 is 1.93 bits per heavy atom. The largest absolute Gasteiger partial charge is 0.461 e. The van der Waals surface area contributed by atoms with Crippen LogP contribution in [-0.4, -0.2) is 31.3 Å². The summed E-state index contributed by atoms with van der Waals surface area (Å²) in [5.41, 5.74) is 0. The van der Waals surface area contributed by atoms with Gasteiger partial charge in [0.25, 0.3) is 0 Å².